The fourth-order valence-electron chi connectivity index (χ4n) is 4.41. The van der Waals surface area contributed by atoms with Gasteiger partial charge in [0.1, 0.15) is 12.8 Å². The predicted octanol–water partition coefficient (Wildman–Crippen LogP) is 5.97. The molecular formula is C25H36N4O3. The van der Waals surface area contributed by atoms with Crippen LogP contribution in [-0.4, -0.2) is 35.1 Å². The zero-order chi connectivity index (χ0) is 23.1. The lowest BCUT2D eigenvalue weighted by Crippen LogP contribution is -2.43. The van der Waals surface area contributed by atoms with E-state index < -0.39 is 0 Å². The molecule has 0 unspecified atom stereocenters. The summed E-state index contributed by atoms with van der Waals surface area (Å²) < 4.78 is 4.78. The highest BCUT2D eigenvalue weighted by Crippen LogP contribution is 2.33. The summed E-state index contributed by atoms with van der Waals surface area (Å²) in [6.07, 6.45) is 7.19. The van der Waals surface area contributed by atoms with E-state index in [1.54, 1.807) is 11.0 Å². The van der Waals surface area contributed by atoms with E-state index in [1.807, 2.05) is 6.07 Å². The van der Waals surface area contributed by atoms with Crippen LogP contribution in [0.25, 0.3) is 0 Å². The Morgan fingerprint density at radius 2 is 1.69 bits per heavy atom. The molecule has 0 spiro atoms. The number of anilines is 2. The number of amides is 3. The molecule has 1 heterocycles. The maximum absolute atomic E-state index is 13.5. The van der Waals surface area contributed by atoms with Crippen LogP contribution in [0.1, 0.15) is 82.8 Å². The first-order valence-electron chi connectivity index (χ1n) is 11.7. The Bertz CT molecular complexity index is 860. The second-order valence-electron chi connectivity index (χ2n) is 9.37. The van der Waals surface area contributed by atoms with Crippen LogP contribution >= 0.6 is 0 Å². The number of carbonyl (C=O) groups excluding carboxylic acids is 2. The molecule has 1 fully saturated rings. The van der Waals surface area contributed by atoms with E-state index in [9.17, 15) is 9.59 Å². The van der Waals surface area contributed by atoms with Gasteiger partial charge >= 0.3 is 6.03 Å². The Morgan fingerprint density at radius 1 is 1.03 bits per heavy atom. The molecule has 0 atom stereocenters. The number of aromatic nitrogens is 1. The summed E-state index contributed by atoms with van der Waals surface area (Å²) in [5, 5.41) is 9.60. The van der Waals surface area contributed by atoms with Gasteiger partial charge in [0.25, 0.3) is 0 Å². The number of rotatable bonds is 8. The lowest BCUT2D eigenvalue weighted by molar-refractivity contribution is -0.116. The molecule has 1 aromatic heterocycles. The molecule has 3 amide bonds. The van der Waals surface area contributed by atoms with Crippen LogP contribution in [0.15, 0.2) is 35.1 Å². The second-order valence-corrected chi connectivity index (χ2v) is 9.37. The predicted molar refractivity (Wildman–Crippen MR) is 127 cm³/mol. The average molecular weight is 441 g/mol. The summed E-state index contributed by atoms with van der Waals surface area (Å²) in [6, 6.07) is 7.52. The zero-order valence-corrected chi connectivity index (χ0v) is 19.7. The van der Waals surface area contributed by atoms with Gasteiger partial charge in [-0.2, -0.15) is 0 Å². The molecule has 0 saturated heterocycles. The van der Waals surface area contributed by atoms with E-state index in [2.05, 4.69) is 55.6 Å². The van der Waals surface area contributed by atoms with E-state index in [-0.39, 0.29) is 30.3 Å². The van der Waals surface area contributed by atoms with Crippen molar-refractivity contribution >= 4 is 23.4 Å². The van der Waals surface area contributed by atoms with Crippen LogP contribution in [0, 0.1) is 5.92 Å². The van der Waals surface area contributed by atoms with Crippen LogP contribution in [0.3, 0.4) is 0 Å². The van der Waals surface area contributed by atoms with Crippen molar-refractivity contribution in [3.8, 4) is 0 Å². The van der Waals surface area contributed by atoms with Crippen molar-refractivity contribution in [2.75, 3.05) is 23.7 Å². The molecule has 0 aliphatic heterocycles. The van der Waals surface area contributed by atoms with Gasteiger partial charge in [-0.3, -0.25) is 4.79 Å². The summed E-state index contributed by atoms with van der Waals surface area (Å²) >= 11 is 0. The van der Waals surface area contributed by atoms with Crippen LogP contribution < -0.4 is 10.6 Å². The Kier molecular flexibility index (Phi) is 8.31. The first kappa shape index (κ1) is 23.8. The summed E-state index contributed by atoms with van der Waals surface area (Å²) in [7, 11) is 0. The maximum Gasteiger partial charge on any atom is 0.322 e. The normalized spacial score (nSPS) is 14.6. The lowest BCUT2D eigenvalue weighted by atomic mass is 9.89. The van der Waals surface area contributed by atoms with Gasteiger partial charge in [0.2, 0.25) is 5.91 Å². The number of carbonyl (C=O) groups is 2. The number of hydrogen-bond donors (Lipinski definition) is 2. The third kappa shape index (κ3) is 6.34. The largest absolute Gasteiger partial charge is 0.363 e. The second kappa shape index (κ2) is 11.2. The van der Waals surface area contributed by atoms with E-state index >= 15 is 0 Å². The molecule has 1 aliphatic carbocycles. The van der Waals surface area contributed by atoms with Gasteiger partial charge in [0, 0.05) is 18.3 Å². The van der Waals surface area contributed by atoms with Crippen LogP contribution in [0.5, 0.6) is 0 Å². The summed E-state index contributed by atoms with van der Waals surface area (Å²) in [6.45, 7) is 9.04. The van der Waals surface area contributed by atoms with Crippen molar-refractivity contribution in [3.63, 3.8) is 0 Å². The molecule has 1 aliphatic rings. The molecule has 7 nitrogen and oxygen atoms in total. The minimum absolute atomic E-state index is 0.0317. The fraction of sp³-hybridized carbons (Fsp3) is 0.560. The number of para-hydroxylation sites is 1. The average Bonchev–Trinajstić information content (AvgIpc) is 3.26. The Morgan fingerprint density at radius 3 is 2.25 bits per heavy atom. The zero-order valence-electron chi connectivity index (χ0n) is 19.7. The Labute approximate surface area is 190 Å². The quantitative estimate of drug-likeness (QED) is 0.529. The molecule has 7 heteroatoms. The molecule has 2 N–H and O–H groups in total. The molecule has 2 aromatic rings. The van der Waals surface area contributed by atoms with Crippen molar-refractivity contribution in [3.05, 3.63) is 41.7 Å². The monoisotopic (exact) mass is 440 g/mol. The number of hydrogen-bond acceptors (Lipinski definition) is 4. The van der Waals surface area contributed by atoms with Gasteiger partial charge in [0.15, 0.2) is 5.82 Å². The van der Waals surface area contributed by atoms with Gasteiger partial charge in [-0.1, -0.05) is 70.3 Å². The molecular weight excluding hydrogens is 404 g/mol. The summed E-state index contributed by atoms with van der Waals surface area (Å²) in [5.74, 6) is 1.02. The van der Waals surface area contributed by atoms with Crippen molar-refractivity contribution in [2.24, 2.45) is 5.92 Å². The van der Waals surface area contributed by atoms with Crippen LogP contribution in [-0.2, 0) is 4.79 Å². The highest BCUT2D eigenvalue weighted by atomic mass is 16.5. The minimum atomic E-state index is -0.286. The number of urea groups is 1. The Balaban J connectivity index is 1.80. The minimum Gasteiger partial charge on any atom is -0.363 e. The highest BCUT2D eigenvalue weighted by molar-refractivity contribution is 5.97. The van der Waals surface area contributed by atoms with E-state index in [0.29, 0.717) is 18.3 Å². The van der Waals surface area contributed by atoms with Gasteiger partial charge in [-0.25, -0.2) is 4.79 Å². The first-order chi connectivity index (χ1) is 15.3. The Hall–Kier alpha value is -2.83. The SMILES string of the molecule is CC(C)c1cccc(C(C)C)c1NC(=O)N(CC(=O)Nc1ccon1)CC1CCCCC1. The molecule has 0 radical (unpaired) electrons. The van der Waals surface area contributed by atoms with Gasteiger partial charge < -0.3 is 20.1 Å². The number of nitrogens with zero attached hydrogens (tertiary/aromatic N) is 2. The molecule has 174 valence electrons. The summed E-state index contributed by atoms with van der Waals surface area (Å²) in [4.78, 5) is 27.8. The van der Waals surface area contributed by atoms with Crippen molar-refractivity contribution in [1.29, 1.82) is 0 Å². The smallest absolute Gasteiger partial charge is 0.322 e. The van der Waals surface area contributed by atoms with Crippen molar-refractivity contribution in [1.82, 2.24) is 10.1 Å². The van der Waals surface area contributed by atoms with Crippen LogP contribution in [0.4, 0.5) is 16.3 Å². The van der Waals surface area contributed by atoms with E-state index in [1.165, 1.54) is 25.5 Å². The summed E-state index contributed by atoms with van der Waals surface area (Å²) in [5.41, 5.74) is 3.08. The highest BCUT2D eigenvalue weighted by Gasteiger charge is 2.25. The maximum atomic E-state index is 13.5. The third-order valence-corrected chi connectivity index (χ3v) is 6.14. The van der Waals surface area contributed by atoms with Gasteiger partial charge in [0.05, 0.1) is 0 Å². The number of nitrogens with one attached hydrogen (secondary N) is 2. The fourth-order valence-corrected chi connectivity index (χ4v) is 4.41. The number of benzene rings is 1. The van der Waals surface area contributed by atoms with Crippen LogP contribution in [0.2, 0.25) is 0 Å². The standard InChI is InChI=1S/C25H36N4O3/c1-17(2)20-11-8-12-21(18(3)4)24(20)27-25(31)29(15-19-9-6-5-7-10-19)16-23(30)26-22-13-14-32-28-22/h8,11-14,17-19H,5-7,9-10,15-16H2,1-4H3,(H,27,31)(H,26,28,30). The molecule has 1 aromatic carbocycles. The first-order valence-corrected chi connectivity index (χ1v) is 11.7. The topological polar surface area (TPSA) is 87.5 Å². The molecule has 32 heavy (non-hydrogen) atoms. The van der Waals surface area contributed by atoms with Crippen molar-refractivity contribution < 1.29 is 14.1 Å². The van der Waals surface area contributed by atoms with Gasteiger partial charge in [-0.15, -0.1) is 0 Å². The molecule has 3 rings (SSSR count). The lowest BCUT2D eigenvalue weighted by Gasteiger charge is -2.30. The van der Waals surface area contributed by atoms with E-state index in [4.69, 9.17) is 4.52 Å². The molecule has 1 saturated carbocycles. The third-order valence-electron chi connectivity index (χ3n) is 6.14. The van der Waals surface area contributed by atoms with Crippen molar-refractivity contribution in [2.45, 2.75) is 71.6 Å². The van der Waals surface area contributed by atoms with E-state index in [0.717, 1.165) is 29.7 Å². The van der Waals surface area contributed by atoms with Gasteiger partial charge in [-0.05, 0) is 41.7 Å². The molecule has 0 bridgehead atoms.